The minimum Gasteiger partial charge on any atom is -0.388 e. The summed E-state index contributed by atoms with van der Waals surface area (Å²) in [5.74, 6) is -0.264. The molecule has 9 nitrogen and oxygen atoms in total. The van der Waals surface area contributed by atoms with Crippen molar-refractivity contribution in [3.05, 3.63) is 65.2 Å². The first-order valence-electron chi connectivity index (χ1n) is 12.0. The minimum absolute atomic E-state index is 0.212. The van der Waals surface area contributed by atoms with Gasteiger partial charge >= 0.3 is 0 Å². The Morgan fingerprint density at radius 1 is 1.17 bits per heavy atom. The summed E-state index contributed by atoms with van der Waals surface area (Å²) in [6, 6.07) is 11.1. The Kier molecular flexibility index (Phi) is 5.80. The van der Waals surface area contributed by atoms with Crippen LogP contribution in [0.5, 0.6) is 0 Å². The molecule has 2 N–H and O–H groups in total. The van der Waals surface area contributed by atoms with Crippen molar-refractivity contribution in [3.8, 4) is 22.4 Å². The van der Waals surface area contributed by atoms with Gasteiger partial charge in [-0.05, 0) is 31.5 Å². The van der Waals surface area contributed by atoms with Crippen LogP contribution in [0.2, 0.25) is 5.15 Å². The highest BCUT2D eigenvalue weighted by Gasteiger charge is 2.47. The lowest BCUT2D eigenvalue weighted by atomic mass is 9.98. The van der Waals surface area contributed by atoms with Gasteiger partial charge in [-0.1, -0.05) is 35.9 Å². The van der Waals surface area contributed by atoms with Gasteiger partial charge in [-0.2, -0.15) is 5.10 Å². The normalized spacial score (nSPS) is 23.3. The maximum absolute atomic E-state index is 13.0. The van der Waals surface area contributed by atoms with Gasteiger partial charge in [-0.15, -0.1) is 0 Å². The number of aliphatic hydroxyl groups excluding tert-OH is 1. The molecule has 2 saturated heterocycles. The van der Waals surface area contributed by atoms with Gasteiger partial charge in [0, 0.05) is 35.1 Å². The summed E-state index contributed by atoms with van der Waals surface area (Å²) in [6.45, 7) is 5.40. The number of halogens is 1. The number of hydrogen-bond donors (Lipinski definition) is 2. The molecule has 4 atom stereocenters. The maximum Gasteiger partial charge on any atom is 0.251 e. The number of benzene rings is 1. The van der Waals surface area contributed by atoms with Crippen LogP contribution < -0.4 is 5.32 Å². The first-order chi connectivity index (χ1) is 17.5. The maximum atomic E-state index is 13.0. The van der Waals surface area contributed by atoms with Crippen molar-refractivity contribution < 1.29 is 19.4 Å². The van der Waals surface area contributed by atoms with Crippen LogP contribution in [-0.2, 0) is 16.0 Å². The van der Waals surface area contributed by atoms with E-state index in [0.29, 0.717) is 28.7 Å². The first-order valence-corrected chi connectivity index (χ1v) is 12.4. The predicted octanol–water partition coefficient (Wildman–Crippen LogP) is 3.10. The molecule has 2 fully saturated rings. The number of ether oxygens (including phenoxy) is 2. The van der Waals surface area contributed by atoms with Crippen molar-refractivity contribution in [2.45, 2.75) is 44.7 Å². The number of carbonyl (C=O) groups excluding carboxylic acids is 1. The van der Waals surface area contributed by atoms with Gasteiger partial charge in [0.2, 0.25) is 0 Å². The van der Waals surface area contributed by atoms with E-state index in [1.165, 1.54) is 0 Å². The van der Waals surface area contributed by atoms with E-state index in [1.807, 2.05) is 42.1 Å². The number of rotatable bonds is 5. The zero-order chi connectivity index (χ0) is 25.0. The molecule has 0 radical (unpaired) electrons. The molecular formula is C26H26ClN5O4. The lowest BCUT2D eigenvalue weighted by Gasteiger charge is -2.17. The average molecular weight is 508 g/mol. The van der Waals surface area contributed by atoms with Crippen molar-refractivity contribution >= 4 is 23.2 Å². The van der Waals surface area contributed by atoms with E-state index in [1.54, 1.807) is 22.7 Å². The predicted molar refractivity (Wildman–Crippen MR) is 134 cm³/mol. The minimum atomic E-state index is -0.665. The van der Waals surface area contributed by atoms with E-state index in [0.717, 1.165) is 28.9 Å². The molecule has 4 aromatic rings. The van der Waals surface area contributed by atoms with Gasteiger partial charge in [0.15, 0.2) is 0 Å². The topological polar surface area (TPSA) is 103 Å². The number of nitrogens with one attached hydrogen (secondary N) is 1. The number of imidazole rings is 1. The Morgan fingerprint density at radius 2 is 1.94 bits per heavy atom. The zero-order valence-corrected chi connectivity index (χ0v) is 20.6. The molecule has 0 aliphatic carbocycles. The van der Waals surface area contributed by atoms with Crippen molar-refractivity contribution in [1.29, 1.82) is 0 Å². The quantitative estimate of drug-likeness (QED) is 0.430. The molecule has 2 aliphatic heterocycles. The van der Waals surface area contributed by atoms with Gasteiger partial charge in [-0.25, -0.2) is 4.98 Å². The van der Waals surface area contributed by atoms with Crippen molar-refractivity contribution in [2.24, 2.45) is 0 Å². The number of carbonyl (C=O) groups is 1. The fourth-order valence-electron chi connectivity index (χ4n) is 5.14. The Hall–Kier alpha value is -3.24. The molecular weight excluding hydrogens is 482 g/mol. The summed E-state index contributed by atoms with van der Waals surface area (Å²) in [6.07, 6.45) is 2.20. The van der Waals surface area contributed by atoms with E-state index >= 15 is 0 Å². The lowest BCUT2D eigenvalue weighted by molar-refractivity contribution is 0.0178. The number of hydrogen-bond acceptors (Lipinski definition) is 6. The third-order valence-corrected chi connectivity index (χ3v) is 7.41. The summed E-state index contributed by atoms with van der Waals surface area (Å²) >= 11 is 6.79. The van der Waals surface area contributed by atoms with E-state index in [9.17, 15) is 9.90 Å². The number of amides is 1. The zero-order valence-electron chi connectivity index (χ0n) is 19.9. The molecule has 36 heavy (non-hydrogen) atoms. The van der Waals surface area contributed by atoms with Crippen LogP contribution >= 0.6 is 11.6 Å². The van der Waals surface area contributed by atoms with Gasteiger partial charge in [0.05, 0.1) is 25.5 Å². The average Bonchev–Trinajstić information content (AvgIpc) is 3.64. The van der Waals surface area contributed by atoms with Crippen molar-refractivity contribution in [1.82, 2.24) is 24.5 Å². The smallest absolute Gasteiger partial charge is 0.251 e. The Bertz CT molecular complexity index is 1460. The van der Waals surface area contributed by atoms with Crippen molar-refractivity contribution in [2.75, 3.05) is 13.2 Å². The van der Waals surface area contributed by atoms with Crippen LogP contribution in [0.1, 0.15) is 23.0 Å². The standard InChI is InChI=1S/C26H26ClN5O4/c1-3-32-14(2)18(11-28-32)16-6-4-5-7-17(16)22-25(27)31-9-8-15(10-21(31)30-22)26(34)29-19-12-35-24-20(33)13-36-23(19)24/h4-11,19-20,23-24,33H,3,12-13H2,1-2H3,(H,29,34)/t19-,20-,23-,24-/m1/s1. The fraction of sp³-hybridized carbons (Fsp3) is 0.346. The number of aryl methyl sites for hydroxylation is 1. The second-order valence-corrected chi connectivity index (χ2v) is 9.50. The number of aromatic nitrogens is 4. The van der Waals surface area contributed by atoms with Gasteiger partial charge in [0.25, 0.3) is 5.91 Å². The Balaban J connectivity index is 1.32. The molecule has 5 heterocycles. The second-order valence-electron chi connectivity index (χ2n) is 9.14. The van der Waals surface area contributed by atoms with E-state index in [2.05, 4.69) is 17.3 Å². The molecule has 3 aromatic heterocycles. The molecule has 6 rings (SSSR count). The first kappa shape index (κ1) is 23.2. The molecule has 1 aromatic carbocycles. The van der Waals surface area contributed by atoms with Crippen LogP contribution in [0.15, 0.2) is 48.8 Å². The third-order valence-electron chi connectivity index (χ3n) is 7.05. The molecule has 0 saturated carbocycles. The summed E-state index contributed by atoms with van der Waals surface area (Å²) in [4.78, 5) is 17.8. The Labute approximate surface area is 212 Å². The molecule has 186 valence electrons. The summed E-state index contributed by atoms with van der Waals surface area (Å²) in [5.41, 5.74) is 5.62. The lowest BCUT2D eigenvalue weighted by Crippen LogP contribution is -2.44. The highest BCUT2D eigenvalue weighted by Crippen LogP contribution is 2.37. The van der Waals surface area contributed by atoms with Crippen LogP contribution in [-0.4, -0.2) is 67.7 Å². The Morgan fingerprint density at radius 3 is 2.72 bits per heavy atom. The second kappa shape index (κ2) is 9.01. The SMILES string of the molecule is CCn1ncc(-c2ccccc2-c2nc3cc(C(=O)N[C@@H]4CO[C@H]5[C@@H]4OC[C@H]5O)ccn3c2Cl)c1C. The highest BCUT2D eigenvalue weighted by atomic mass is 35.5. The molecule has 2 aliphatic rings. The van der Waals surface area contributed by atoms with E-state index in [4.69, 9.17) is 26.1 Å². The van der Waals surface area contributed by atoms with Gasteiger partial charge in [0.1, 0.15) is 34.8 Å². The number of pyridine rings is 1. The largest absolute Gasteiger partial charge is 0.388 e. The molecule has 0 spiro atoms. The van der Waals surface area contributed by atoms with Crippen molar-refractivity contribution in [3.63, 3.8) is 0 Å². The number of fused-ring (bicyclic) bond motifs is 2. The van der Waals surface area contributed by atoms with E-state index in [-0.39, 0.29) is 24.7 Å². The summed E-state index contributed by atoms with van der Waals surface area (Å²) in [7, 11) is 0. The number of aliphatic hydroxyl groups is 1. The van der Waals surface area contributed by atoms with Crippen LogP contribution in [0, 0.1) is 6.92 Å². The monoisotopic (exact) mass is 507 g/mol. The highest BCUT2D eigenvalue weighted by molar-refractivity contribution is 6.32. The van der Waals surface area contributed by atoms with Crippen LogP contribution in [0.25, 0.3) is 28.0 Å². The van der Waals surface area contributed by atoms with Crippen LogP contribution in [0.4, 0.5) is 0 Å². The molecule has 10 heteroatoms. The third kappa shape index (κ3) is 3.70. The van der Waals surface area contributed by atoms with E-state index < -0.39 is 12.2 Å². The number of nitrogens with zero attached hydrogens (tertiary/aromatic N) is 4. The van der Waals surface area contributed by atoms with Gasteiger partial charge in [-0.3, -0.25) is 13.9 Å². The molecule has 0 unspecified atom stereocenters. The summed E-state index contributed by atoms with van der Waals surface area (Å²) in [5, 5.41) is 17.9. The fourth-order valence-corrected chi connectivity index (χ4v) is 5.42. The molecule has 0 bridgehead atoms. The molecule has 1 amide bonds. The van der Waals surface area contributed by atoms with Crippen LogP contribution in [0.3, 0.4) is 0 Å². The summed E-state index contributed by atoms with van der Waals surface area (Å²) < 4.78 is 14.9. The van der Waals surface area contributed by atoms with Gasteiger partial charge < -0.3 is 19.9 Å².